The number of aromatic nitrogens is 1. The molecule has 0 aliphatic carbocycles. The number of carbonyl (C=O) groups is 2. The van der Waals surface area contributed by atoms with Gasteiger partial charge in [0.2, 0.25) is 5.91 Å². The van der Waals surface area contributed by atoms with E-state index >= 15 is 0 Å². The minimum Gasteiger partial charge on any atom is -0.478 e. The summed E-state index contributed by atoms with van der Waals surface area (Å²) in [7, 11) is 0. The molecule has 16 heavy (non-hydrogen) atoms. The van der Waals surface area contributed by atoms with E-state index in [1.54, 1.807) is 0 Å². The molecule has 0 aliphatic heterocycles. The molecule has 0 spiro atoms. The zero-order chi connectivity index (χ0) is 12.1. The van der Waals surface area contributed by atoms with Gasteiger partial charge in [0, 0.05) is 13.0 Å². The van der Waals surface area contributed by atoms with Crippen molar-refractivity contribution < 1.29 is 14.7 Å². The highest BCUT2D eigenvalue weighted by Crippen LogP contribution is 2.14. The van der Waals surface area contributed by atoms with Crippen LogP contribution in [0.5, 0.6) is 0 Å². The summed E-state index contributed by atoms with van der Waals surface area (Å²) in [4.78, 5) is 25.0. The summed E-state index contributed by atoms with van der Waals surface area (Å²) in [5, 5.41) is 11.6. The minimum atomic E-state index is -1.10. The van der Waals surface area contributed by atoms with Crippen molar-refractivity contribution in [1.82, 2.24) is 4.98 Å². The van der Waals surface area contributed by atoms with E-state index in [-0.39, 0.29) is 23.7 Å². The topological polar surface area (TPSA) is 105 Å². The number of pyridine rings is 1. The van der Waals surface area contributed by atoms with Gasteiger partial charge in [-0.15, -0.1) is 0 Å². The van der Waals surface area contributed by atoms with Crippen LogP contribution < -0.4 is 11.1 Å². The maximum absolute atomic E-state index is 10.7. The van der Waals surface area contributed by atoms with Crippen molar-refractivity contribution in [3.63, 3.8) is 0 Å². The molecule has 0 bridgehead atoms. The van der Waals surface area contributed by atoms with Gasteiger partial charge in [0.25, 0.3) is 0 Å². The second-order valence-electron chi connectivity index (χ2n) is 3.01. The molecular formula is C9H10ClN3O3. The molecular weight excluding hydrogens is 234 g/mol. The van der Waals surface area contributed by atoms with E-state index in [1.165, 1.54) is 12.1 Å². The fourth-order valence-corrected chi connectivity index (χ4v) is 1.23. The van der Waals surface area contributed by atoms with Crippen molar-refractivity contribution in [3.05, 3.63) is 22.8 Å². The Morgan fingerprint density at radius 1 is 1.50 bits per heavy atom. The smallest absolute Gasteiger partial charge is 0.335 e. The molecule has 0 aromatic carbocycles. The largest absolute Gasteiger partial charge is 0.478 e. The monoisotopic (exact) mass is 243 g/mol. The van der Waals surface area contributed by atoms with E-state index < -0.39 is 11.9 Å². The number of hydrogen-bond acceptors (Lipinski definition) is 4. The summed E-state index contributed by atoms with van der Waals surface area (Å²) in [6.45, 7) is 0.279. The fourth-order valence-electron chi connectivity index (χ4n) is 1.02. The zero-order valence-corrected chi connectivity index (χ0v) is 8.99. The quantitative estimate of drug-likeness (QED) is 0.661. The van der Waals surface area contributed by atoms with Crippen molar-refractivity contribution in [3.8, 4) is 0 Å². The van der Waals surface area contributed by atoms with Gasteiger partial charge in [-0.25, -0.2) is 9.78 Å². The lowest BCUT2D eigenvalue weighted by atomic mass is 10.2. The molecule has 4 N–H and O–H groups in total. The van der Waals surface area contributed by atoms with Gasteiger partial charge in [0.1, 0.15) is 11.0 Å². The average Bonchev–Trinajstić information content (AvgIpc) is 2.16. The van der Waals surface area contributed by atoms with Crippen LogP contribution in [0, 0.1) is 0 Å². The summed E-state index contributed by atoms with van der Waals surface area (Å²) >= 11 is 5.63. The molecule has 6 nitrogen and oxygen atoms in total. The van der Waals surface area contributed by atoms with Gasteiger partial charge in [-0.1, -0.05) is 11.6 Å². The third kappa shape index (κ3) is 3.74. The number of carbonyl (C=O) groups excluding carboxylic acids is 1. The highest BCUT2D eigenvalue weighted by Gasteiger charge is 2.07. The fraction of sp³-hybridized carbons (Fsp3) is 0.222. The Morgan fingerprint density at radius 3 is 2.75 bits per heavy atom. The maximum Gasteiger partial charge on any atom is 0.335 e. The second-order valence-corrected chi connectivity index (χ2v) is 3.40. The SMILES string of the molecule is NC(=O)CCNc1cc(C(=O)O)cc(Cl)n1. The van der Waals surface area contributed by atoms with Gasteiger partial charge in [-0.3, -0.25) is 4.79 Å². The van der Waals surface area contributed by atoms with E-state index in [1.807, 2.05) is 0 Å². The number of carboxylic acids is 1. The number of anilines is 1. The van der Waals surface area contributed by atoms with Crippen LogP contribution in [-0.4, -0.2) is 28.5 Å². The highest BCUT2D eigenvalue weighted by molar-refractivity contribution is 6.29. The van der Waals surface area contributed by atoms with Crippen LogP contribution in [0.25, 0.3) is 0 Å². The molecule has 0 radical (unpaired) electrons. The number of nitrogens with two attached hydrogens (primary N) is 1. The third-order valence-electron chi connectivity index (χ3n) is 1.72. The number of aromatic carboxylic acids is 1. The Kier molecular flexibility index (Phi) is 4.07. The molecule has 0 unspecified atom stereocenters. The lowest BCUT2D eigenvalue weighted by molar-refractivity contribution is -0.117. The van der Waals surface area contributed by atoms with E-state index in [9.17, 15) is 9.59 Å². The van der Waals surface area contributed by atoms with Crippen molar-refractivity contribution in [2.24, 2.45) is 5.73 Å². The van der Waals surface area contributed by atoms with Crippen molar-refractivity contribution in [2.45, 2.75) is 6.42 Å². The first-order valence-corrected chi connectivity index (χ1v) is 4.80. The zero-order valence-electron chi connectivity index (χ0n) is 8.24. The third-order valence-corrected chi connectivity index (χ3v) is 1.91. The number of nitrogens with zero attached hydrogens (tertiary/aromatic N) is 1. The summed E-state index contributed by atoms with van der Waals surface area (Å²) in [5.41, 5.74) is 4.97. The Balaban J connectivity index is 2.72. The predicted molar refractivity (Wildman–Crippen MR) is 58.5 cm³/mol. The molecule has 1 amide bonds. The normalized spacial score (nSPS) is 9.81. The van der Waals surface area contributed by atoms with Gasteiger partial charge in [0.15, 0.2) is 0 Å². The molecule has 0 saturated heterocycles. The standard InChI is InChI=1S/C9H10ClN3O3/c10-6-3-5(9(15)16)4-8(13-6)12-2-1-7(11)14/h3-4H,1-2H2,(H2,11,14)(H,12,13)(H,15,16). The summed E-state index contributed by atoms with van der Waals surface area (Å²) in [6, 6.07) is 2.57. The lowest BCUT2D eigenvalue weighted by Gasteiger charge is -2.05. The van der Waals surface area contributed by atoms with Crippen LogP contribution in [-0.2, 0) is 4.79 Å². The van der Waals surface area contributed by atoms with Crippen molar-refractivity contribution >= 4 is 29.3 Å². The molecule has 0 saturated carbocycles. The Labute approximate surface area is 96.4 Å². The number of amides is 1. The first kappa shape index (κ1) is 12.3. The first-order chi connectivity index (χ1) is 7.49. The Morgan fingerprint density at radius 2 is 2.19 bits per heavy atom. The molecule has 0 atom stereocenters. The van der Waals surface area contributed by atoms with E-state index in [0.717, 1.165) is 0 Å². The van der Waals surface area contributed by atoms with Crippen LogP contribution in [0.3, 0.4) is 0 Å². The van der Waals surface area contributed by atoms with Crippen molar-refractivity contribution in [1.29, 1.82) is 0 Å². The number of halogens is 1. The molecule has 0 fully saturated rings. The maximum atomic E-state index is 10.7. The van der Waals surface area contributed by atoms with Gasteiger partial charge in [0.05, 0.1) is 5.56 Å². The molecule has 7 heteroatoms. The lowest BCUT2D eigenvalue weighted by Crippen LogP contribution is -2.16. The highest BCUT2D eigenvalue weighted by atomic mass is 35.5. The van der Waals surface area contributed by atoms with Gasteiger partial charge in [-0.2, -0.15) is 0 Å². The number of nitrogens with one attached hydrogen (secondary N) is 1. The van der Waals surface area contributed by atoms with Crippen LogP contribution in [0.1, 0.15) is 16.8 Å². The summed E-state index contributed by atoms with van der Waals surface area (Å²) in [5.74, 6) is -1.25. The first-order valence-electron chi connectivity index (χ1n) is 4.42. The van der Waals surface area contributed by atoms with E-state index in [4.69, 9.17) is 22.4 Å². The van der Waals surface area contributed by atoms with Crippen LogP contribution in [0.15, 0.2) is 12.1 Å². The number of rotatable bonds is 5. The number of hydrogen-bond donors (Lipinski definition) is 3. The van der Waals surface area contributed by atoms with E-state index in [0.29, 0.717) is 5.82 Å². The summed E-state index contributed by atoms with van der Waals surface area (Å²) in [6.07, 6.45) is 0.136. The van der Waals surface area contributed by atoms with Crippen LogP contribution in [0.2, 0.25) is 5.15 Å². The molecule has 86 valence electrons. The Hall–Kier alpha value is -1.82. The van der Waals surface area contributed by atoms with Crippen LogP contribution in [0.4, 0.5) is 5.82 Å². The molecule has 1 aromatic heterocycles. The molecule has 1 heterocycles. The van der Waals surface area contributed by atoms with Crippen molar-refractivity contribution in [2.75, 3.05) is 11.9 Å². The Bertz CT molecular complexity index is 422. The van der Waals surface area contributed by atoms with Gasteiger partial charge >= 0.3 is 5.97 Å². The second kappa shape index (κ2) is 5.32. The number of primary amides is 1. The van der Waals surface area contributed by atoms with E-state index in [2.05, 4.69) is 10.3 Å². The van der Waals surface area contributed by atoms with Gasteiger partial charge < -0.3 is 16.2 Å². The molecule has 1 rings (SSSR count). The average molecular weight is 244 g/mol. The van der Waals surface area contributed by atoms with Crippen LogP contribution >= 0.6 is 11.6 Å². The van der Waals surface area contributed by atoms with Gasteiger partial charge in [-0.05, 0) is 12.1 Å². The minimum absolute atomic E-state index is 0.0292. The molecule has 0 aliphatic rings. The summed E-state index contributed by atoms with van der Waals surface area (Å²) < 4.78 is 0. The molecule has 1 aromatic rings. The number of carboxylic acid groups (broad SMARTS) is 1. The predicted octanol–water partition coefficient (Wildman–Crippen LogP) is 0.720.